The number of anilines is 2. The summed E-state index contributed by atoms with van der Waals surface area (Å²) in [6.45, 7) is 2.22. The average Bonchev–Trinajstić information content (AvgIpc) is 2.65. The first-order chi connectivity index (χ1) is 12.3. The maximum atomic E-state index is 13.8. The molecule has 25 heavy (non-hydrogen) atoms. The maximum absolute atomic E-state index is 13.8. The van der Waals surface area contributed by atoms with Gasteiger partial charge >= 0.3 is 0 Å². The molecule has 1 aromatic heterocycles. The van der Waals surface area contributed by atoms with Crippen molar-refractivity contribution in [2.24, 2.45) is 0 Å². The van der Waals surface area contributed by atoms with Crippen LogP contribution in [0.15, 0.2) is 60.8 Å². The third kappa shape index (κ3) is 3.67. The zero-order valence-corrected chi connectivity index (χ0v) is 13.8. The highest BCUT2D eigenvalue weighted by atomic mass is 19.1. The van der Waals surface area contributed by atoms with Crippen molar-refractivity contribution in [1.29, 1.82) is 0 Å². The molecule has 2 aromatic carbocycles. The van der Waals surface area contributed by atoms with Crippen molar-refractivity contribution in [2.75, 3.05) is 11.9 Å². The van der Waals surface area contributed by atoms with Crippen molar-refractivity contribution in [1.82, 2.24) is 14.9 Å². The van der Waals surface area contributed by atoms with E-state index in [2.05, 4.69) is 20.2 Å². The zero-order valence-electron chi connectivity index (χ0n) is 13.8. The van der Waals surface area contributed by atoms with Crippen LogP contribution in [-0.2, 0) is 19.5 Å². The Bertz CT molecular complexity index is 867. The summed E-state index contributed by atoms with van der Waals surface area (Å²) in [6, 6.07) is 16.8. The van der Waals surface area contributed by atoms with Gasteiger partial charge in [0.1, 0.15) is 5.82 Å². The van der Waals surface area contributed by atoms with Gasteiger partial charge in [-0.1, -0.05) is 36.4 Å². The first-order valence-corrected chi connectivity index (χ1v) is 8.40. The molecule has 5 heteroatoms. The van der Waals surface area contributed by atoms with Crippen molar-refractivity contribution < 1.29 is 4.39 Å². The quantitative estimate of drug-likeness (QED) is 0.785. The average molecular weight is 334 g/mol. The fraction of sp³-hybridized carbons (Fsp3) is 0.200. The summed E-state index contributed by atoms with van der Waals surface area (Å²) >= 11 is 0. The van der Waals surface area contributed by atoms with Gasteiger partial charge in [0, 0.05) is 49.1 Å². The summed E-state index contributed by atoms with van der Waals surface area (Å²) in [5, 5.41) is 3.23. The lowest BCUT2D eigenvalue weighted by atomic mass is 10.1. The molecule has 1 N–H and O–H groups in total. The van der Waals surface area contributed by atoms with Crippen LogP contribution in [0.4, 0.5) is 16.0 Å². The fourth-order valence-electron chi connectivity index (χ4n) is 3.09. The molecule has 0 bridgehead atoms. The van der Waals surface area contributed by atoms with Crippen LogP contribution in [0.2, 0.25) is 0 Å². The van der Waals surface area contributed by atoms with Gasteiger partial charge in [-0.3, -0.25) is 4.90 Å². The highest BCUT2D eigenvalue weighted by Crippen LogP contribution is 2.21. The van der Waals surface area contributed by atoms with E-state index in [0.717, 1.165) is 42.0 Å². The van der Waals surface area contributed by atoms with Gasteiger partial charge in [0.05, 0.1) is 5.69 Å². The summed E-state index contributed by atoms with van der Waals surface area (Å²) in [6.07, 6.45) is 2.72. The number of benzene rings is 2. The predicted molar refractivity (Wildman–Crippen MR) is 96.0 cm³/mol. The number of rotatable bonds is 4. The van der Waals surface area contributed by atoms with Crippen LogP contribution in [0.5, 0.6) is 0 Å². The molecule has 0 unspecified atom stereocenters. The van der Waals surface area contributed by atoms with Crippen LogP contribution < -0.4 is 5.32 Å². The van der Waals surface area contributed by atoms with Crippen molar-refractivity contribution in [3.63, 3.8) is 0 Å². The summed E-state index contributed by atoms with van der Waals surface area (Å²) in [4.78, 5) is 11.3. The minimum absolute atomic E-state index is 0.146. The van der Waals surface area contributed by atoms with Crippen molar-refractivity contribution in [3.05, 3.63) is 83.4 Å². The first-order valence-electron chi connectivity index (χ1n) is 8.40. The highest BCUT2D eigenvalue weighted by molar-refractivity contribution is 5.52. The summed E-state index contributed by atoms with van der Waals surface area (Å²) < 4.78 is 13.8. The monoisotopic (exact) mass is 334 g/mol. The SMILES string of the molecule is Fc1ccccc1CN1CCc2nc(Nc3ccccc3)ncc2C1. The molecule has 126 valence electrons. The Labute approximate surface area is 146 Å². The molecular weight excluding hydrogens is 315 g/mol. The molecule has 0 fully saturated rings. The van der Waals surface area contributed by atoms with Crippen LogP contribution in [0.25, 0.3) is 0 Å². The fourth-order valence-corrected chi connectivity index (χ4v) is 3.09. The van der Waals surface area contributed by atoms with Crippen molar-refractivity contribution in [3.8, 4) is 0 Å². The number of halogens is 1. The van der Waals surface area contributed by atoms with Crippen LogP contribution >= 0.6 is 0 Å². The first kappa shape index (κ1) is 15.7. The Balaban J connectivity index is 1.46. The number of hydrogen-bond acceptors (Lipinski definition) is 4. The van der Waals surface area contributed by atoms with Gasteiger partial charge in [0.15, 0.2) is 0 Å². The lowest BCUT2D eigenvalue weighted by molar-refractivity contribution is 0.239. The van der Waals surface area contributed by atoms with E-state index in [0.29, 0.717) is 12.5 Å². The summed E-state index contributed by atoms with van der Waals surface area (Å²) in [5.74, 6) is 0.472. The lowest BCUT2D eigenvalue weighted by Gasteiger charge is -2.28. The lowest BCUT2D eigenvalue weighted by Crippen LogP contribution is -2.31. The van der Waals surface area contributed by atoms with Crippen LogP contribution in [0, 0.1) is 5.82 Å². The normalized spacial score (nSPS) is 14.1. The molecule has 0 radical (unpaired) electrons. The van der Waals surface area contributed by atoms with Crippen LogP contribution in [-0.4, -0.2) is 21.4 Å². The second-order valence-electron chi connectivity index (χ2n) is 6.21. The van der Waals surface area contributed by atoms with E-state index in [4.69, 9.17) is 0 Å². The number of fused-ring (bicyclic) bond motifs is 1. The van der Waals surface area contributed by atoms with E-state index < -0.39 is 0 Å². The second-order valence-corrected chi connectivity index (χ2v) is 6.21. The van der Waals surface area contributed by atoms with E-state index >= 15 is 0 Å². The zero-order chi connectivity index (χ0) is 17.1. The number of para-hydroxylation sites is 1. The number of aromatic nitrogens is 2. The maximum Gasteiger partial charge on any atom is 0.227 e. The number of hydrogen-bond donors (Lipinski definition) is 1. The van der Waals surface area contributed by atoms with Gasteiger partial charge < -0.3 is 5.32 Å². The molecule has 3 aromatic rings. The van der Waals surface area contributed by atoms with Crippen LogP contribution in [0.1, 0.15) is 16.8 Å². The molecule has 1 aliphatic rings. The van der Waals surface area contributed by atoms with Gasteiger partial charge in [0.2, 0.25) is 5.95 Å². The van der Waals surface area contributed by atoms with Gasteiger partial charge in [-0.25, -0.2) is 14.4 Å². The number of nitrogens with one attached hydrogen (secondary N) is 1. The molecule has 0 atom stereocenters. The molecule has 4 rings (SSSR count). The molecule has 0 saturated carbocycles. The van der Waals surface area contributed by atoms with Crippen LogP contribution in [0.3, 0.4) is 0 Å². The van der Waals surface area contributed by atoms with Gasteiger partial charge in [-0.15, -0.1) is 0 Å². The third-order valence-corrected chi connectivity index (χ3v) is 4.39. The predicted octanol–water partition coefficient (Wildman–Crippen LogP) is 3.92. The largest absolute Gasteiger partial charge is 0.324 e. The molecule has 1 aliphatic heterocycles. The molecule has 0 saturated heterocycles. The highest BCUT2D eigenvalue weighted by Gasteiger charge is 2.19. The third-order valence-electron chi connectivity index (χ3n) is 4.39. The Morgan fingerprint density at radius 1 is 1.04 bits per heavy atom. The van der Waals surface area contributed by atoms with Crippen molar-refractivity contribution >= 4 is 11.6 Å². The Kier molecular flexibility index (Phi) is 4.39. The minimum atomic E-state index is -0.146. The van der Waals surface area contributed by atoms with E-state index in [1.54, 1.807) is 6.07 Å². The molecule has 4 nitrogen and oxygen atoms in total. The van der Waals surface area contributed by atoms with Gasteiger partial charge in [-0.05, 0) is 18.2 Å². The molecule has 2 heterocycles. The molecule has 0 aliphatic carbocycles. The summed E-state index contributed by atoms with van der Waals surface area (Å²) in [5.41, 5.74) is 3.88. The van der Waals surface area contributed by atoms with Gasteiger partial charge in [-0.2, -0.15) is 0 Å². The minimum Gasteiger partial charge on any atom is -0.324 e. The van der Waals surface area contributed by atoms with Crippen molar-refractivity contribution in [2.45, 2.75) is 19.5 Å². The molecule has 0 amide bonds. The van der Waals surface area contributed by atoms with E-state index in [9.17, 15) is 4.39 Å². The van der Waals surface area contributed by atoms with E-state index in [1.165, 1.54) is 6.07 Å². The Morgan fingerprint density at radius 3 is 2.68 bits per heavy atom. The van der Waals surface area contributed by atoms with E-state index in [-0.39, 0.29) is 5.82 Å². The smallest absolute Gasteiger partial charge is 0.227 e. The number of nitrogens with zero attached hydrogens (tertiary/aromatic N) is 3. The standard InChI is InChI=1S/C20H19FN4/c21-18-9-5-4-6-15(18)13-25-11-10-19-16(14-25)12-22-20(24-19)23-17-7-2-1-3-8-17/h1-9,12H,10-11,13-14H2,(H,22,23,24). The topological polar surface area (TPSA) is 41.1 Å². The molecule has 0 spiro atoms. The summed E-state index contributed by atoms with van der Waals surface area (Å²) in [7, 11) is 0. The van der Waals surface area contributed by atoms with Gasteiger partial charge in [0.25, 0.3) is 0 Å². The Morgan fingerprint density at radius 2 is 1.84 bits per heavy atom. The van der Waals surface area contributed by atoms with E-state index in [1.807, 2.05) is 48.7 Å². The second kappa shape index (κ2) is 6.99. The molecular formula is C20H19FN4. The Hall–Kier alpha value is -2.79.